The summed E-state index contributed by atoms with van der Waals surface area (Å²) in [5, 5.41) is 3.00. The van der Waals surface area contributed by atoms with Crippen LogP contribution in [0.15, 0.2) is 42.9 Å². The maximum Gasteiger partial charge on any atom is 0.237 e. The minimum Gasteiger partial charge on any atom is -0.354 e. The van der Waals surface area contributed by atoms with E-state index >= 15 is 0 Å². The van der Waals surface area contributed by atoms with Gasteiger partial charge in [0.25, 0.3) is 0 Å². The molecular formula is C18H22N4O. The Morgan fingerprint density at radius 3 is 2.91 bits per heavy atom. The van der Waals surface area contributed by atoms with E-state index in [1.54, 1.807) is 18.6 Å². The van der Waals surface area contributed by atoms with Crippen LogP contribution in [-0.4, -0.2) is 39.9 Å². The van der Waals surface area contributed by atoms with Gasteiger partial charge < -0.3 is 5.32 Å². The first kappa shape index (κ1) is 15.6. The van der Waals surface area contributed by atoms with Crippen LogP contribution < -0.4 is 5.32 Å². The van der Waals surface area contributed by atoms with Crippen LogP contribution >= 0.6 is 0 Å². The maximum atomic E-state index is 12.4. The third-order valence-corrected chi connectivity index (χ3v) is 4.38. The first-order chi connectivity index (χ1) is 11.2. The molecule has 0 saturated heterocycles. The first-order valence-electron chi connectivity index (χ1n) is 8.07. The second kappa shape index (κ2) is 7.33. The van der Waals surface area contributed by atoms with Crippen LogP contribution in [0.3, 0.4) is 0 Å². The average Bonchev–Trinajstić information content (AvgIpc) is 2.61. The molecule has 2 heterocycles. The zero-order valence-electron chi connectivity index (χ0n) is 13.4. The highest BCUT2D eigenvalue weighted by Crippen LogP contribution is 2.20. The summed E-state index contributed by atoms with van der Waals surface area (Å²) >= 11 is 0. The number of carbonyl (C=O) groups is 1. The van der Waals surface area contributed by atoms with Crippen LogP contribution in [0, 0.1) is 0 Å². The number of nitrogens with zero attached hydrogens (tertiary/aromatic N) is 3. The van der Waals surface area contributed by atoms with Gasteiger partial charge in [0, 0.05) is 44.6 Å². The lowest BCUT2D eigenvalue weighted by atomic mass is 9.99. The summed E-state index contributed by atoms with van der Waals surface area (Å²) in [6.07, 6.45) is 6.77. The van der Waals surface area contributed by atoms with Gasteiger partial charge in [0.2, 0.25) is 5.91 Å². The van der Waals surface area contributed by atoms with Crippen molar-refractivity contribution in [3.05, 3.63) is 59.7 Å². The van der Waals surface area contributed by atoms with Gasteiger partial charge in [0.05, 0.1) is 11.7 Å². The number of hydrogen-bond donors (Lipinski definition) is 1. The normalized spacial score (nSPS) is 15.7. The van der Waals surface area contributed by atoms with Gasteiger partial charge in [-0.2, -0.15) is 0 Å². The molecule has 5 heteroatoms. The molecule has 0 bridgehead atoms. The zero-order valence-corrected chi connectivity index (χ0v) is 13.4. The van der Waals surface area contributed by atoms with Gasteiger partial charge in [-0.05, 0) is 24.5 Å². The van der Waals surface area contributed by atoms with Crippen molar-refractivity contribution in [3.63, 3.8) is 0 Å². The third kappa shape index (κ3) is 3.93. The van der Waals surface area contributed by atoms with Gasteiger partial charge >= 0.3 is 0 Å². The van der Waals surface area contributed by atoms with E-state index in [2.05, 4.69) is 44.5 Å². The molecule has 1 aliphatic heterocycles. The number of carbonyl (C=O) groups excluding carboxylic acids is 1. The van der Waals surface area contributed by atoms with E-state index in [1.807, 2.05) is 6.92 Å². The predicted octanol–water partition coefficient (Wildman–Crippen LogP) is 1.58. The SMILES string of the molecule is CC(C(=O)NCCc1cnccn1)N1CCc2ccccc2C1. The van der Waals surface area contributed by atoms with Crippen LogP contribution in [0.2, 0.25) is 0 Å². The highest BCUT2D eigenvalue weighted by molar-refractivity contribution is 5.81. The minimum absolute atomic E-state index is 0.0771. The van der Waals surface area contributed by atoms with Gasteiger partial charge in [-0.1, -0.05) is 24.3 Å². The molecule has 5 nitrogen and oxygen atoms in total. The zero-order chi connectivity index (χ0) is 16.1. The molecule has 3 rings (SSSR count). The molecule has 0 fully saturated rings. The number of amides is 1. The Kier molecular flexibility index (Phi) is 4.98. The van der Waals surface area contributed by atoms with Gasteiger partial charge in [-0.25, -0.2) is 0 Å². The van der Waals surface area contributed by atoms with Crippen molar-refractivity contribution in [2.24, 2.45) is 0 Å². The largest absolute Gasteiger partial charge is 0.354 e. The standard InChI is InChI=1S/C18H22N4O/c1-14(18(23)21-8-6-17-12-19-9-10-20-17)22-11-7-15-4-2-3-5-16(15)13-22/h2-5,9-10,12,14H,6-8,11,13H2,1H3,(H,21,23). The number of hydrogen-bond acceptors (Lipinski definition) is 4. The van der Waals surface area contributed by atoms with Crippen molar-refractivity contribution in [2.75, 3.05) is 13.1 Å². The number of aromatic nitrogens is 2. The number of rotatable bonds is 5. The summed E-state index contributed by atoms with van der Waals surface area (Å²) in [6, 6.07) is 8.36. The Hall–Kier alpha value is -2.27. The molecule has 1 aromatic heterocycles. The number of nitrogens with one attached hydrogen (secondary N) is 1. The van der Waals surface area contributed by atoms with E-state index < -0.39 is 0 Å². The number of benzene rings is 1. The molecule has 0 spiro atoms. The topological polar surface area (TPSA) is 58.1 Å². The molecule has 120 valence electrons. The summed E-state index contributed by atoms with van der Waals surface area (Å²) < 4.78 is 0. The second-order valence-electron chi connectivity index (χ2n) is 5.90. The number of fused-ring (bicyclic) bond motifs is 1. The van der Waals surface area contributed by atoms with E-state index in [1.165, 1.54) is 11.1 Å². The molecule has 0 saturated carbocycles. The lowest BCUT2D eigenvalue weighted by Crippen LogP contribution is -2.47. The van der Waals surface area contributed by atoms with Crippen LogP contribution in [0.1, 0.15) is 23.7 Å². The van der Waals surface area contributed by atoms with Crippen LogP contribution in [0.4, 0.5) is 0 Å². The Morgan fingerprint density at radius 1 is 1.30 bits per heavy atom. The van der Waals surface area contributed by atoms with Gasteiger partial charge in [0.1, 0.15) is 0 Å². The van der Waals surface area contributed by atoms with Crippen LogP contribution in [0.5, 0.6) is 0 Å². The Balaban J connectivity index is 1.50. The summed E-state index contributed by atoms with van der Waals surface area (Å²) in [5.41, 5.74) is 3.63. The van der Waals surface area contributed by atoms with Crippen molar-refractivity contribution in [3.8, 4) is 0 Å². The maximum absolute atomic E-state index is 12.4. The predicted molar refractivity (Wildman–Crippen MR) is 88.8 cm³/mol. The molecule has 1 aromatic carbocycles. The van der Waals surface area contributed by atoms with Gasteiger partial charge in [0.15, 0.2) is 0 Å². The molecule has 0 aliphatic carbocycles. The summed E-state index contributed by atoms with van der Waals surface area (Å²) in [4.78, 5) is 22.8. The summed E-state index contributed by atoms with van der Waals surface area (Å²) in [7, 11) is 0. The molecule has 1 atom stereocenters. The summed E-state index contributed by atoms with van der Waals surface area (Å²) in [5.74, 6) is 0.0771. The fourth-order valence-corrected chi connectivity index (χ4v) is 2.93. The van der Waals surface area contributed by atoms with E-state index in [9.17, 15) is 4.79 Å². The van der Waals surface area contributed by atoms with Crippen molar-refractivity contribution in [1.82, 2.24) is 20.2 Å². The van der Waals surface area contributed by atoms with Crippen molar-refractivity contribution in [1.29, 1.82) is 0 Å². The smallest absolute Gasteiger partial charge is 0.237 e. The molecule has 2 aromatic rings. The van der Waals surface area contributed by atoms with Crippen LogP contribution in [0.25, 0.3) is 0 Å². The minimum atomic E-state index is -0.120. The lowest BCUT2D eigenvalue weighted by Gasteiger charge is -2.32. The van der Waals surface area contributed by atoms with Crippen LogP contribution in [-0.2, 0) is 24.2 Å². The Morgan fingerprint density at radius 2 is 2.13 bits per heavy atom. The average molecular weight is 310 g/mol. The van der Waals surface area contributed by atoms with E-state index in [0.29, 0.717) is 13.0 Å². The van der Waals surface area contributed by atoms with Crippen molar-refractivity contribution >= 4 is 5.91 Å². The third-order valence-electron chi connectivity index (χ3n) is 4.38. The Labute approximate surface area is 136 Å². The molecule has 1 amide bonds. The fourth-order valence-electron chi connectivity index (χ4n) is 2.93. The lowest BCUT2D eigenvalue weighted by molar-refractivity contribution is -0.126. The van der Waals surface area contributed by atoms with Gasteiger partial charge in [-0.3, -0.25) is 19.7 Å². The van der Waals surface area contributed by atoms with E-state index in [-0.39, 0.29) is 11.9 Å². The molecule has 1 aliphatic rings. The summed E-state index contributed by atoms with van der Waals surface area (Å²) in [6.45, 7) is 4.34. The fraction of sp³-hybridized carbons (Fsp3) is 0.389. The molecule has 1 N–H and O–H groups in total. The monoisotopic (exact) mass is 310 g/mol. The highest BCUT2D eigenvalue weighted by atomic mass is 16.2. The van der Waals surface area contributed by atoms with Crippen molar-refractivity contribution in [2.45, 2.75) is 32.4 Å². The molecule has 23 heavy (non-hydrogen) atoms. The first-order valence-corrected chi connectivity index (χ1v) is 8.07. The highest BCUT2D eigenvalue weighted by Gasteiger charge is 2.24. The van der Waals surface area contributed by atoms with E-state index in [4.69, 9.17) is 0 Å². The molecule has 1 unspecified atom stereocenters. The molecule has 0 radical (unpaired) electrons. The second-order valence-corrected chi connectivity index (χ2v) is 5.90. The molecular weight excluding hydrogens is 288 g/mol. The van der Waals surface area contributed by atoms with Crippen molar-refractivity contribution < 1.29 is 4.79 Å². The van der Waals surface area contributed by atoms with E-state index in [0.717, 1.165) is 25.2 Å². The van der Waals surface area contributed by atoms with Gasteiger partial charge in [-0.15, -0.1) is 0 Å². The Bertz CT molecular complexity index is 659. The quantitative estimate of drug-likeness (QED) is 0.911.